The van der Waals surface area contributed by atoms with Gasteiger partial charge in [-0.15, -0.1) is 0 Å². The Balaban J connectivity index is 2.63. The van der Waals surface area contributed by atoms with E-state index in [2.05, 4.69) is 16.8 Å². The molecule has 0 saturated heterocycles. The van der Waals surface area contributed by atoms with Gasteiger partial charge >= 0.3 is 0 Å². The van der Waals surface area contributed by atoms with Crippen molar-refractivity contribution in [3.8, 4) is 0 Å². The summed E-state index contributed by atoms with van der Waals surface area (Å²) in [6.07, 6.45) is 1.82. The Morgan fingerprint density at radius 2 is 2.11 bits per heavy atom. The minimum atomic E-state index is 0.143. The number of nitrogens with zero attached hydrogens (tertiary/aromatic N) is 2. The topological polar surface area (TPSA) is 62.4 Å². The molecule has 0 aliphatic rings. The van der Waals surface area contributed by atoms with Gasteiger partial charge < -0.3 is 15.7 Å². The van der Waals surface area contributed by atoms with E-state index in [-0.39, 0.29) is 6.61 Å². The van der Waals surface area contributed by atoms with Crippen LogP contribution < -0.4 is 10.6 Å². The van der Waals surface area contributed by atoms with E-state index in [1.807, 2.05) is 31.3 Å². The molecular formula is C14H19N3O. The van der Waals surface area contributed by atoms with Crippen LogP contribution in [0.2, 0.25) is 0 Å². The number of fused-ring (bicyclic) bond motifs is 1. The highest BCUT2D eigenvalue weighted by Crippen LogP contribution is 2.30. The lowest BCUT2D eigenvalue weighted by molar-refractivity contribution is 0.302. The number of hydrogen-bond acceptors (Lipinski definition) is 4. The van der Waals surface area contributed by atoms with E-state index in [1.165, 1.54) is 0 Å². The molecule has 1 aromatic heterocycles. The van der Waals surface area contributed by atoms with Gasteiger partial charge in [0.05, 0.1) is 6.61 Å². The van der Waals surface area contributed by atoms with E-state index in [0.717, 1.165) is 34.4 Å². The van der Waals surface area contributed by atoms with Crippen molar-refractivity contribution in [1.82, 2.24) is 4.98 Å². The van der Waals surface area contributed by atoms with Gasteiger partial charge in [0.1, 0.15) is 0 Å². The first-order valence-corrected chi connectivity index (χ1v) is 6.18. The van der Waals surface area contributed by atoms with Crippen molar-refractivity contribution >= 4 is 22.1 Å². The summed E-state index contributed by atoms with van der Waals surface area (Å²) in [5.74, 6) is 0. The molecule has 2 aromatic rings. The zero-order valence-corrected chi connectivity index (χ0v) is 10.8. The second-order valence-electron chi connectivity index (χ2n) is 4.35. The average Bonchev–Trinajstić information content (AvgIpc) is 2.37. The third kappa shape index (κ3) is 2.24. The molecule has 1 heterocycles. The number of aliphatic hydroxyl groups excluding tert-OH is 1. The maximum absolute atomic E-state index is 9.13. The highest BCUT2D eigenvalue weighted by atomic mass is 16.3. The number of likely N-dealkylation sites (N-methyl/N-ethyl adjacent to an activating group) is 1. The van der Waals surface area contributed by atoms with Crippen molar-refractivity contribution in [2.45, 2.75) is 13.8 Å². The summed E-state index contributed by atoms with van der Waals surface area (Å²) in [4.78, 5) is 6.43. The number of aryl methyl sites for hydroxylation is 1. The molecule has 2 rings (SSSR count). The zero-order valence-electron chi connectivity index (χ0n) is 10.8. The van der Waals surface area contributed by atoms with Crippen LogP contribution in [0.25, 0.3) is 10.8 Å². The van der Waals surface area contributed by atoms with Crippen LogP contribution in [-0.4, -0.2) is 29.8 Å². The summed E-state index contributed by atoms with van der Waals surface area (Å²) >= 11 is 0. The molecule has 0 saturated carbocycles. The molecule has 96 valence electrons. The summed E-state index contributed by atoms with van der Waals surface area (Å²) in [7, 11) is 0. The van der Waals surface area contributed by atoms with Crippen LogP contribution >= 0.6 is 0 Å². The first kappa shape index (κ1) is 12.6. The molecule has 0 aliphatic heterocycles. The number of nitrogens with two attached hydrogens (primary N) is 1. The van der Waals surface area contributed by atoms with Gasteiger partial charge in [0.15, 0.2) is 0 Å². The van der Waals surface area contributed by atoms with Gasteiger partial charge in [0.25, 0.3) is 0 Å². The van der Waals surface area contributed by atoms with Gasteiger partial charge in [0.2, 0.25) is 0 Å². The summed E-state index contributed by atoms with van der Waals surface area (Å²) in [5, 5.41) is 11.2. The molecule has 0 radical (unpaired) electrons. The Hall–Kier alpha value is -1.81. The molecule has 4 heteroatoms. The number of benzene rings is 1. The Labute approximate surface area is 107 Å². The van der Waals surface area contributed by atoms with Gasteiger partial charge in [-0.05, 0) is 32.0 Å². The van der Waals surface area contributed by atoms with Crippen molar-refractivity contribution in [2.24, 2.45) is 0 Å². The second kappa shape index (κ2) is 5.23. The fourth-order valence-corrected chi connectivity index (χ4v) is 2.20. The molecule has 18 heavy (non-hydrogen) atoms. The first-order valence-electron chi connectivity index (χ1n) is 6.18. The quantitative estimate of drug-likeness (QED) is 0.808. The Kier molecular flexibility index (Phi) is 3.67. The molecule has 0 bridgehead atoms. The normalized spacial score (nSPS) is 10.8. The fraction of sp³-hybridized carbons (Fsp3) is 0.357. The number of nitrogen functional groups attached to an aromatic ring is 1. The molecule has 0 unspecified atom stereocenters. The molecule has 3 N–H and O–H groups in total. The zero-order chi connectivity index (χ0) is 13.1. The molecule has 0 fully saturated rings. The van der Waals surface area contributed by atoms with Crippen LogP contribution in [0.5, 0.6) is 0 Å². The molecule has 4 nitrogen and oxygen atoms in total. The number of aromatic nitrogens is 1. The van der Waals surface area contributed by atoms with E-state index in [9.17, 15) is 0 Å². The van der Waals surface area contributed by atoms with Crippen molar-refractivity contribution < 1.29 is 5.11 Å². The predicted octanol–water partition coefficient (Wildman–Crippen LogP) is 1.94. The molecule has 1 aromatic carbocycles. The number of hydrogen-bond donors (Lipinski definition) is 2. The summed E-state index contributed by atoms with van der Waals surface area (Å²) in [6, 6.07) is 5.95. The predicted molar refractivity (Wildman–Crippen MR) is 75.9 cm³/mol. The van der Waals surface area contributed by atoms with Gasteiger partial charge in [-0.25, -0.2) is 0 Å². The molecule has 0 spiro atoms. The van der Waals surface area contributed by atoms with E-state index in [1.54, 1.807) is 0 Å². The molecule has 0 aliphatic carbocycles. The van der Waals surface area contributed by atoms with Gasteiger partial charge in [-0.1, -0.05) is 0 Å². The van der Waals surface area contributed by atoms with Crippen LogP contribution in [0.1, 0.15) is 12.6 Å². The minimum Gasteiger partial charge on any atom is -0.398 e. The van der Waals surface area contributed by atoms with Crippen molar-refractivity contribution in [3.05, 3.63) is 30.1 Å². The van der Waals surface area contributed by atoms with Crippen LogP contribution in [0.15, 0.2) is 24.4 Å². The standard InChI is InChI=1S/C14H19N3O/c1-3-17(6-7-18)14-5-4-13(15)12-9-16-10(2)8-11(12)14/h4-5,8-9,18H,3,6-7,15H2,1-2H3. The first-order chi connectivity index (χ1) is 8.67. The van der Waals surface area contributed by atoms with Crippen LogP contribution in [0.4, 0.5) is 11.4 Å². The monoisotopic (exact) mass is 245 g/mol. The Bertz CT molecular complexity index is 554. The van der Waals surface area contributed by atoms with Crippen LogP contribution in [0, 0.1) is 6.92 Å². The number of anilines is 2. The van der Waals surface area contributed by atoms with E-state index in [0.29, 0.717) is 6.54 Å². The maximum Gasteiger partial charge on any atom is 0.0606 e. The molecule has 0 amide bonds. The lowest BCUT2D eigenvalue weighted by atomic mass is 10.1. The van der Waals surface area contributed by atoms with E-state index < -0.39 is 0 Å². The van der Waals surface area contributed by atoms with E-state index in [4.69, 9.17) is 10.8 Å². The third-order valence-electron chi connectivity index (χ3n) is 3.14. The molecular weight excluding hydrogens is 226 g/mol. The lowest BCUT2D eigenvalue weighted by Crippen LogP contribution is -2.26. The average molecular weight is 245 g/mol. The van der Waals surface area contributed by atoms with Gasteiger partial charge in [0, 0.05) is 47.1 Å². The number of pyridine rings is 1. The minimum absolute atomic E-state index is 0.143. The molecule has 0 atom stereocenters. The summed E-state index contributed by atoms with van der Waals surface area (Å²) in [5.41, 5.74) is 8.79. The fourth-order valence-electron chi connectivity index (χ4n) is 2.20. The Morgan fingerprint density at radius 1 is 1.33 bits per heavy atom. The number of aliphatic hydroxyl groups is 1. The lowest BCUT2D eigenvalue weighted by Gasteiger charge is -2.24. The largest absolute Gasteiger partial charge is 0.398 e. The number of rotatable bonds is 4. The Morgan fingerprint density at radius 3 is 2.78 bits per heavy atom. The summed E-state index contributed by atoms with van der Waals surface area (Å²) < 4.78 is 0. The van der Waals surface area contributed by atoms with Gasteiger partial charge in [-0.3, -0.25) is 4.98 Å². The van der Waals surface area contributed by atoms with Crippen LogP contribution in [0.3, 0.4) is 0 Å². The maximum atomic E-state index is 9.13. The van der Waals surface area contributed by atoms with Crippen molar-refractivity contribution in [2.75, 3.05) is 30.3 Å². The van der Waals surface area contributed by atoms with Crippen molar-refractivity contribution in [1.29, 1.82) is 0 Å². The summed E-state index contributed by atoms with van der Waals surface area (Å²) in [6.45, 7) is 5.66. The van der Waals surface area contributed by atoms with E-state index >= 15 is 0 Å². The highest BCUT2D eigenvalue weighted by molar-refractivity contribution is 6.01. The smallest absolute Gasteiger partial charge is 0.0606 e. The second-order valence-corrected chi connectivity index (χ2v) is 4.35. The SMILES string of the molecule is CCN(CCO)c1ccc(N)c2cnc(C)cc12. The van der Waals surface area contributed by atoms with Gasteiger partial charge in [-0.2, -0.15) is 0 Å². The highest BCUT2D eigenvalue weighted by Gasteiger charge is 2.10. The third-order valence-corrected chi connectivity index (χ3v) is 3.14. The van der Waals surface area contributed by atoms with Crippen molar-refractivity contribution in [3.63, 3.8) is 0 Å². The van der Waals surface area contributed by atoms with Crippen LogP contribution in [-0.2, 0) is 0 Å².